The number of aromatic nitrogens is 1. The summed E-state index contributed by atoms with van der Waals surface area (Å²) >= 11 is 0. The van der Waals surface area contributed by atoms with Crippen LogP contribution in [0, 0.1) is 23.5 Å². The van der Waals surface area contributed by atoms with Crippen molar-refractivity contribution in [2.24, 2.45) is 5.73 Å². The van der Waals surface area contributed by atoms with Crippen LogP contribution in [0.25, 0.3) is 11.3 Å². The van der Waals surface area contributed by atoms with Crippen molar-refractivity contribution < 1.29 is 23.5 Å². The second-order valence-corrected chi connectivity index (χ2v) is 6.40. The Bertz CT molecular complexity index is 1060. The van der Waals surface area contributed by atoms with Crippen LogP contribution in [-0.4, -0.2) is 46.0 Å². The summed E-state index contributed by atoms with van der Waals surface area (Å²) in [4.78, 5) is 28.6. The molecule has 1 aliphatic heterocycles. The van der Waals surface area contributed by atoms with Crippen molar-refractivity contribution in [3.8, 4) is 23.1 Å². The predicted molar refractivity (Wildman–Crippen MR) is 96.6 cm³/mol. The van der Waals surface area contributed by atoms with Crippen LogP contribution in [0.3, 0.4) is 0 Å². The number of nitrogens with two attached hydrogens (primary N) is 2. The maximum atomic E-state index is 14.3. The van der Waals surface area contributed by atoms with Gasteiger partial charge in [0, 0.05) is 31.6 Å². The minimum absolute atomic E-state index is 0.000983. The Balaban J connectivity index is 2.06. The van der Waals surface area contributed by atoms with E-state index >= 15 is 0 Å². The summed E-state index contributed by atoms with van der Waals surface area (Å²) in [5.74, 6) is 1.38. The minimum Gasteiger partial charge on any atom is -0.397 e. The minimum atomic E-state index is -1.92. The molecule has 3 rings (SSSR count). The highest BCUT2D eigenvalue weighted by Crippen LogP contribution is 2.26. The van der Waals surface area contributed by atoms with E-state index in [-0.39, 0.29) is 34.6 Å². The molecule has 0 spiro atoms. The van der Waals surface area contributed by atoms with E-state index in [0.717, 1.165) is 6.07 Å². The molecule has 1 aromatic heterocycles. The van der Waals surface area contributed by atoms with Crippen molar-refractivity contribution >= 4 is 17.5 Å². The van der Waals surface area contributed by atoms with Crippen LogP contribution >= 0.6 is 0 Å². The third-order valence-electron chi connectivity index (χ3n) is 4.41. The number of primary amides is 1. The lowest BCUT2D eigenvalue weighted by atomic mass is 10.0. The van der Waals surface area contributed by atoms with Gasteiger partial charge in [-0.2, -0.15) is 0 Å². The number of benzene rings is 1. The Morgan fingerprint density at radius 1 is 1.32 bits per heavy atom. The Morgan fingerprint density at radius 2 is 2.04 bits per heavy atom. The molecule has 9 heteroatoms. The first-order valence-corrected chi connectivity index (χ1v) is 8.19. The molecule has 0 radical (unpaired) electrons. The molecule has 1 aliphatic rings. The molecule has 2 aromatic rings. The van der Waals surface area contributed by atoms with Gasteiger partial charge in [-0.25, -0.2) is 13.8 Å². The van der Waals surface area contributed by atoms with Gasteiger partial charge in [-0.15, -0.1) is 0 Å². The maximum Gasteiger partial charge on any atom is 0.269 e. The number of likely N-dealkylation sites (tertiary alicyclic amines) is 1. The number of amides is 2. The molecule has 2 heterocycles. The highest BCUT2D eigenvalue weighted by atomic mass is 19.1. The molecular weight excluding hydrogens is 370 g/mol. The molecule has 0 aliphatic carbocycles. The number of pyridine rings is 1. The SMILES string of the molecule is CN1CC[C@@](O)(C#Cc2cc(-c3ccc(N)c(C(N)=O)n3)c(F)cc2F)C1=O. The molecule has 0 unspecified atom stereocenters. The number of anilines is 1. The molecule has 1 fully saturated rings. The van der Waals surface area contributed by atoms with Crippen molar-refractivity contribution in [1.29, 1.82) is 0 Å². The van der Waals surface area contributed by atoms with Gasteiger partial charge in [0.2, 0.25) is 5.60 Å². The van der Waals surface area contributed by atoms with E-state index in [4.69, 9.17) is 11.5 Å². The first-order valence-electron chi connectivity index (χ1n) is 8.19. The van der Waals surface area contributed by atoms with Gasteiger partial charge >= 0.3 is 0 Å². The fourth-order valence-corrected chi connectivity index (χ4v) is 2.80. The number of halogens is 2. The van der Waals surface area contributed by atoms with Gasteiger partial charge in [-0.05, 0) is 18.2 Å². The summed E-state index contributed by atoms with van der Waals surface area (Å²) in [7, 11) is 1.52. The average Bonchev–Trinajstić information content (AvgIpc) is 2.89. The quantitative estimate of drug-likeness (QED) is 0.654. The Morgan fingerprint density at radius 3 is 2.64 bits per heavy atom. The second-order valence-electron chi connectivity index (χ2n) is 6.40. The van der Waals surface area contributed by atoms with Gasteiger partial charge < -0.3 is 21.5 Å². The smallest absolute Gasteiger partial charge is 0.269 e. The van der Waals surface area contributed by atoms with Gasteiger partial charge in [-0.3, -0.25) is 9.59 Å². The molecule has 1 atom stereocenters. The summed E-state index contributed by atoms with van der Waals surface area (Å²) in [5, 5.41) is 10.3. The van der Waals surface area contributed by atoms with Gasteiger partial charge in [0.15, 0.2) is 5.69 Å². The predicted octanol–water partition coefficient (Wildman–Crippen LogP) is 0.653. The first kappa shape index (κ1) is 19.3. The standard InChI is InChI=1S/C19H16F2N4O3/c1-25-7-6-19(28,18(25)27)5-4-10-8-11(13(21)9-12(10)20)15-3-2-14(22)16(24-15)17(23)26/h2-3,8-9,28H,6-7,22H2,1H3,(H2,23,26)/t19-/m0/s1. The fourth-order valence-electron chi connectivity index (χ4n) is 2.80. The third-order valence-corrected chi connectivity index (χ3v) is 4.41. The van der Waals surface area contributed by atoms with Crippen molar-refractivity contribution in [2.45, 2.75) is 12.0 Å². The number of carbonyl (C=O) groups excluding carboxylic acids is 2. The van der Waals surface area contributed by atoms with E-state index in [1.807, 2.05) is 0 Å². The lowest BCUT2D eigenvalue weighted by Crippen LogP contribution is -2.37. The summed E-state index contributed by atoms with van der Waals surface area (Å²) < 4.78 is 28.4. The number of aliphatic hydroxyl groups is 1. The van der Waals surface area contributed by atoms with Crippen LogP contribution in [0.15, 0.2) is 24.3 Å². The lowest BCUT2D eigenvalue weighted by Gasteiger charge is -2.13. The number of hydrogen-bond acceptors (Lipinski definition) is 5. The van der Waals surface area contributed by atoms with Crippen molar-refractivity contribution in [2.75, 3.05) is 19.3 Å². The number of likely N-dealkylation sites (N-methyl/N-ethyl adjacent to an activating group) is 1. The second kappa shape index (κ2) is 6.90. The number of rotatable bonds is 2. The highest BCUT2D eigenvalue weighted by Gasteiger charge is 2.42. The number of nitrogen functional groups attached to an aromatic ring is 1. The zero-order chi connectivity index (χ0) is 20.6. The monoisotopic (exact) mass is 386 g/mol. The molecule has 5 N–H and O–H groups in total. The molecule has 28 heavy (non-hydrogen) atoms. The summed E-state index contributed by atoms with van der Waals surface area (Å²) in [6.45, 7) is 0.312. The number of hydrogen-bond donors (Lipinski definition) is 3. The number of carbonyl (C=O) groups is 2. The fraction of sp³-hybridized carbons (Fsp3) is 0.211. The summed E-state index contributed by atoms with van der Waals surface area (Å²) in [5.41, 5.74) is 8.26. The molecule has 144 valence electrons. The zero-order valence-corrected chi connectivity index (χ0v) is 14.8. The van der Waals surface area contributed by atoms with E-state index in [0.29, 0.717) is 12.6 Å². The third kappa shape index (κ3) is 3.37. The Hall–Kier alpha value is -3.51. The zero-order valence-electron chi connectivity index (χ0n) is 14.8. The Labute approximate surface area is 159 Å². The maximum absolute atomic E-state index is 14.3. The number of nitrogens with zero attached hydrogens (tertiary/aromatic N) is 2. The Kier molecular flexibility index (Phi) is 4.75. The van der Waals surface area contributed by atoms with Crippen molar-refractivity contribution in [3.63, 3.8) is 0 Å². The molecule has 7 nitrogen and oxygen atoms in total. The van der Waals surface area contributed by atoms with Crippen LogP contribution in [0.5, 0.6) is 0 Å². The molecule has 1 saturated heterocycles. The van der Waals surface area contributed by atoms with Gasteiger partial charge in [-0.1, -0.05) is 11.8 Å². The first-order chi connectivity index (χ1) is 13.1. The van der Waals surface area contributed by atoms with Crippen LogP contribution in [-0.2, 0) is 4.79 Å². The van der Waals surface area contributed by atoms with Gasteiger partial charge in [0.25, 0.3) is 11.8 Å². The molecule has 2 amide bonds. The van der Waals surface area contributed by atoms with E-state index in [9.17, 15) is 23.5 Å². The van der Waals surface area contributed by atoms with Crippen molar-refractivity contribution in [1.82, 2.24) is 9.88 Å². The summed E-state index contributed by atoms with van der Waals surface area (Å²) in [6.07, 6.45) is 0.0759. The van der Waals surface area contributed by atoms with E-state index in [2.05, 4.69) is 16.8 Å². The molecule has 0 saturated carbocycles. The van der Waals surface area contributed by atoms with Crippen molar-refractivity contribution in [3.05, 3.63) is 47.2 Å². The van der Waals surface area contributed by atoms with Gasteiger partial charge in [0.1, 0.15) is 11.6 Å². The van der Waals surface area contributed by atoms with E-state index < -0.39 is 29.0 Å². The van der Waals surface area contributed by atoms with Crippen LogP contribution < -0.4 is 11.5 Å². The topological polar surface area (TPSA) is 123 Å². The van der Waals surface area contributed by atoms with E-state index in [1.54, 1.807) is 0 Å². The van der Waals surface area contributed by atoms with Crippen LogP contribution in [0.1, 0.15) is 22.5 Å². The average molecular weight is 386 g/mol. The molecule has 1 aromatic carbocycles. The normalized spacial score (nSPS) is 18.7. The lowest BCUT2D eigenvalue weighted by molar-refractivity contribution is -0.137. The van der Waals surface area contributed by atoms with E-state index in [1.165, 1.54) is 24.1 Å². The summed E-state index contributed by atoms with van der Waals surface area (Å²) in [6, 6.07) is 4.35. The van der Waals surface area contributed by atoms with Gasteiger partial charge in [0.05, 0.1) is 16.9 Å². The highest BCUT2D eigenvalue weighted by molar-refractivity contribution is 5.96. The largest absolute Gasteiger partial charge is 0.397 e. The molecule has 0 bridgehead atoms. The molecular formula is C19H16F2N4O3. The van der Waals surface area contributed by atoms with Crippen LogP contribution in [0.4, 0.5) is 14.5 Å². The van der Waals surface area contributed by atoms with Crippen LogP contribution in [0.2, 0.25) is 0 Å².